The number of hydrogen-bond donors (Lipinski definition) is 0. The number of carbonyl (C=O) groups excluding carboxylic acids is 1. The predicted molar refractivity (Wildman–Crippen MR) is 115 cm³/mol. The van der Waals surface area contributed by atoms with Crippen LogP contribution in [0.2, 0.25) is 0 Å². The van der Waals surface area contributed by atoms with E-state index < -0.39 is 0 Å². The van der Waals surface area contributed by atoms with Crippen molar-refractivity contribution >= 4 is 5.91 Å². The van der Waals surface area contributed by atoms with Crippen molar-refractivity contribution in [2.75, 3.05) is 27.3 Å². The van der Waals surface area contributed by atoms with E-state index in [0.29, 0.717) is 24.5 Å². The molecule has 4 rings (SSSR count). The summed E-state index contributed by atoms with van der Waals surface area (Å²) in [5.74, 6) is 2.22. The van der Waals surface area contributed by atoms with Crippen LogP contribution in [0.1, 0.15) is 21.7 Å². The standard InChI is InChI=1S/C24H26N2O4/c1-16-13-21(17(2)26(16)18-9-11-19(28-4)12-10-18)24(27)25(3)14-20-15-29-22-7-5-6-8-23(22)30-20/h5-13,20H,14-15H2,1-4H3/t20-/m1/s1. The molecule has 30 heavy (non-hydrogen) atoms. The Morgan fingerprint density at radius 2 is 1.83 bits per heavy atom. The maximum absolute atomic E-state index is 13.2. The van der Waals surface area contributed by atoms with Crippen LogP contribution in [-0.2, 0) is 0 Å². The van der Waals surface area contributed by atoms with Crippen LogP contribution >= 0.6 is 0 Å². The summed E-state index contributed by atoms with van der Waals surface area (Å²) in [5, 5.41) is 0. The van der Waals surface area contributed by atoms with Gasteiger partial charge in [-0.1, -0.05) is 12.1 Å². The van der Waals surface area contributed by atoms with Crippen molar-refractivity contribution in [1.82, 2.24) is 9.47 Å². The SMILES string of the molecule is COc1ccc(-n2c(C)cc(C(=O)N(C)C[C@@H]3COc4ccccc4O3)c2C)cc1. The number of benzene rings is 2. The lowest BCUT2D eigenvalue weighted by Gasteiger charge is -2.29. The lowest BCUT2D eigenvalue weighted by atomic mass is 10.2. The van der Waals surface area contributed by atoms with Crippen LogP contribution in [0.3, 0.4) is 0 Å². The first kappa shape index (κ1) is 19.9. The highest BCUT2D eigenvalue weighted by molar-refractivity contribution is 5.95. The normalized spacial score (nSPS) is 15.0. The smallest absolute Gasteiger partial charge is 0.255 e. The fraction of sp³-hybridized carbons (Fsp3) is 0.292. The van der Waals surface area contributed by atoms with Crippen LogP contribution in [0.5, 0.6) is 17.2 Å². The Bertz CT molecular complexity index is 1060. The van der Waals surface area contributed by atoms with Gasteiger partial charge >= 0.3 is 0 Å². The van der Waals surface area contributed by atoms with E-state index in [0.717, 1.165) is 28.6 Å². The van der Waals surface area contributed by atoms with Crippen LogP contribution in [-0.4, -0.2) is 48.8 Å². The molecule has 0 bridgehead atoms. The number of hydrogen-bond acceptors (Lipinski definition) is 4. The number of ether oxygens (including phenoxy) is 3. The Balaban J connectivity index is 1.50. The van der Waals surface area contributed by atoms with Crippen molar-refractivity contribution in [1.29, 1.82) is 0 Å². The van der Waals surface area contributed by atoms with E-state index >= 15 is 0 Å². The minimum Gasteiger partial charge on any atom is -0.497 e. The number of para-hydroxylation sites is 2. The molecule has 1 atom stereocenters. The van der Waals surface area contributed by atoms with Crippen LogP contribution in [0.25, 0.3) is 5.69 Å². The maximum atomic E-state index is 13.2. The minimum absolute atomic E-state index is 0.0367. The Kier molecular flexibility index (Phi) is 5.40. The van der Waals surface area contributed by atoms with E-state index in [1.165, 1.54) is 0 Å². The zero-order valence-corrected chi connectivity index (χ0v) is 17.7. The third-order valence-corrected chi connectivity index (χ3v) is 5.38. The molecule has 0 saturated heterocycles. The predicted octanol–water partition coefficient (Wildman–Crippen LogP) is 4.01. The number of nitrogens with zero attached hydrogens (tertiary/aromatic N) is 2. The van der Waals surface area contributed by atoms with Crippen LogP contribution in [0, 0.1) is 13.8 Å². The molecule has 1 aliphatic rings. The molecule has 0 fully saturated rings. The van der Waals surface area contributed by atoms with E-state index in [1.54, 1.807) is 19.1 Å². The van der Waals surface area contributed by atoms with Crippen molar-refractivity contribution in [3.63, 3.8) is 0 Å². The van der Waals surface area contributed by atoms with Gasteiger partial charge in [0, 0.05) is 24.1 Å². The summed E-state index contributed by atoms with van der Waals surface area (Å²) < 4.78 is 19.1. The lowest BCUT2D eigenvalue weighted by Crippen LogP contribution is -2.41. The topological polar surface area (TPSA) is 52.9 Å². The van der Waals surface area contributed by atoms with Crippen molar-refractivity contribution in [2.24, 2.45) is 0 Å². The van der Waals surface area contributed by atoms with Crippen molar-refractivity contribution < 1.29 is 19.0 Å². The molecule has 6 nitrogen and oxygen atoms in total. The van der Waals surface area contributed by atoms with Crippen molar-refractivity contribution in [3.05, 3.63) is 71.5 Å². The molecular formula is C24H26N2O4. The highest BCUT2D eigenvalue weighted by atomic mass is 16.6. The van der Waals surface area contributed by atoms with Crippen LogP contribution < -0.4 is 14.2 Å². The summed E-state index contributed by atoms with van der Waals surface area (Å²) in [4.78, 5) is 14.9. The van der Waals surface area contributed by atoms with Crippen molar-refractivity contribution in [3.8, 4) is 22.9 Å². The van der Waals surface area contributed by atoms with Gasteiger partial charge in [0.15, 0.2) is 17.6 Å². The molecule has 2 heterocycles. The second-order valence-corrected chi connectivity index (χ2v) is 7.50. The highest BCUT2D eigenvalue weighted by Crippen LogP contribution is 2.31. The fourth-order valence-electron chi connectivity index (χ4n) is 3.85. The molecule has 3 aromatic rings. The average Bonchev–Trinajstić information content (AvgIpc) is 3.07. The number of carbonyl (C=O) groups is 1. The van der Waals surface area contributed by atoms with E-state index in [1.807, 2.05) is 68.4 Å². The second kappa shape index (κ2) is 8.14. The fourth-order valence-corrected chi connectivity index (χ4v) is 3.85. The number of amides is 1. The molecule has 0 unspecified atom stereocenters. The molecule has 0 spiro atoms. The molecule has 1 aromatic heterocycles. The molecule has 1 amide bonds. The summed E-state index contributed by atoms with van der Waals surface area (Å²) in [6.45, 7) is 4.83. The molecule has 156 valence electrons. The van der Waals surface area contributed by atoms with Gasteiger partial charge < -0.3 is 23.7 Å². The minimum atomic E-state index is -0.209. The molecule has 6 heteroatoms. The number of fused-ring (bicyclic) bond motifs is 1. The lowest BCUT2D eigenvalue weighted by molar-refractivity contribution is 0.0520. The molecule has 0 N–H and O–H groups in total. The Morgan fingerprint density at radius 3 is 2.53 bits per heavy atom. The van der Waals surface area contributed by atoms with Gasteiger partial charge in [0.2, 0.25) is 0 Å². The summed E-state index contributed by atoms with van der Waals surface area (Å²) in [6, 6.07) is 17.3. The van der Waals surface area contributed by atoms with E-state index in [2.05, 4.69) is 4.57 Å². The monoisotopic (exact) mass is 406 g/mol. The highest BCUT2D eigenvalue weighted by Gasteiger charge is 2.26. The first-order valence-corrected chi connectivity index (χ1v) is 9.95. The number of methoxy groups -OCH3 is 1. The van der Waals surface area contributed by atoms with Gasteiger partial charge in [-0.2, -0.15) is 0 Å². The molecule has 0 saturated carbocycles. The Morgan fingerprint density at radius 1 is 1.13 bits per heavy atom. The molecule has 0 aliphatic carbocycles. The van der Waals surface area contributed by atoms with Crippen molar-refractivity contribution in [2.45, 2.75) is 20.0 Å². The van der Waals surface area contributed by atoms with Gasteiger partial charge in [-0.15, -0.1) is 0 Å². The first-order chi connectivity index (χ1) is 14.5. The first-order valence-electron chi connectivity index (χ1n) is 9.95. The molecule has 0 radical (unpaired) electrons. The quantitative estimate of drug-likeness (QED) is 0.642. The second-order valence-electron chi connectivity index (χ2n) is 7.50. The zero-order valence-electron chi connectivity index (χ0n) is 17.7. The largest absolute Gasteiger partial charge is 0.497 e. The van der Waals surface area contributed by atoms with Gasteiger partial charge in [-0.25, -0.2) is 0 Å². The summed E-state index contributed by atoms with van der Waals surface area (Å²) in [5.41, 5.74) is 3.58. The molecular weight excluding hydrogens is 380 g/mol. The number of aryl methyl sites for hydroxylation is 1. The van der Waals surface area contributed by atoms with Crippen LogP contribution in [0.4, 0.5) is 0 Å². The van der Waals surface area contributed by atoms with Gasteiger partial charge in [0.05, 0.1) is 19.2 Å². The average molecular weight is 406 g/mol. The van der Waals surface area contributed by atoms with E-state index in [-0.39, 0.29) is 12.0 Å². The summed E-state index contributed by atoms with van der Waals surface area (Å²) in [6.07, 6.45) is -0.209. The van der Waals surface area contributed by atoms with Crippen LogP contribution in [0.15, 0.2) is 54.6 Å². The Labute approximate surface area is 176 Å². The van der Waals surface area contributed by atoms with E-state index in [4.69, 9.17) is 14.2 Å². The van der Waals surface area contributed by atoms with Gasteiger partial charge in [-0.05, 0) is 56.3 Å². The van der Waals surface area contributed by atoms with Gasteiger partial charge in [0.25, 0.3) is 5.91 Å². The number of aromatic nitrogens is 1. The maximum Gasteiger partial charge on any atom is 0.255 e. The Hall–Kier alpha value is -3.41. The number of rotatable bonds is 5. The van der Waals surface area contributed by atoms with Gasteiger partial charge in [0.1, 0.15) is 12.4 Å². The van der Waals surface area contributed by atoms with E-state index in [9.17, 15) is 4.79 Å². The third-order valence-electron chi connectivity index (χ3n) is 5.38. The number of likely N-dealkylation sites (N-methyl/N-ethyl adjacent to an activating group) is 1. The summed E-state index contributed by atoms with van der Waals surface area (Å²) in [7, 11) is 3.44. The molecule has 1 aliphatic heterocycles. The molecule has 2 aromatic carbocycles. The van der Waals surface area contributed by atoms with Gasteiger partial charge in [-0.3, -0.25) is 4.79 Å². The summed E-state index contributed by atoms with van der Waals surface area (Å²) >= 11 is 0. The zero-order chi connectivity index (χ0) is 21.3. The third kappa shape index (κ3) is 3.73.